The number of hydrogen-bond acceptors (Lipinski definition) is 5. The fraction of sp³-hybridized carbons (Fsp3) is 0.303. The zero-order chi connectivity index (χ0) is 27.5. The van der Waals surface area contributed by atoms with Gasteiger partial charge in [-0.15, -0.1) is 0 Å². The third kappa shape index (κ3) is 5.17. The largest absolute Gasteiger partial charge is 0.492 e. The molecule has 40 heavy (non-hydrogen) atoms. The number of H-pyrrole nitrogens is 1. The Kier molecular flexibility index (Phi) is 7.47. The van der Waals surface area contributed by atoms with Gasteiger partial charge in [0.25, 0.3) is 0 Å². The van der Waals surface area contributed by atoms with E-state index >= 15 is 0 Å². The van der Waals surface area contributed by atoms with Crippen molar-refractivity contribution in [3.8, 4) is 17.2 Å². The Bertz CT molecular complexity index is 1520. The molecule has 0 saturated heterocycles. The van der Waals surface area contributed by atoms with Crippen molar-refractivity contribution in [1.29, 1.82) is 0 Å². The predicted molar refractivity (Wildman–Crippen MR) is 157 cm³/mol. The number of carbonyl (C=O) groups is 1. The number of carbonyl (C=O) groups excluding carboxylic acids is 1. The van der Waals surface area contributed by atoms with Gasteiger partial charge >= 0.3 is 0 Å². The smallest absolute Gasteiger partial charge is 0.247 e. The Labute approximate surface area is 235 Å². The Morgan fingerprint density at radius 1 is 1.05 bits per heavy atom. The number of likely N-dealkylation sites (N-methyl/N-ethyl adjacent to an activating group) is 1. The normalized spacial score (nSPS) is 16.2. The van der Waals surface area contributed by atoms with Crippen LogP contribution < -0.4 is 14.2 Å². The van der Waals surface area contributed by atoms with Crippen molar-refractivity contribution >= 4 is 22.9 Å². The highest BCUT2D eigenvalue weighted by Crippen LogP contribution is 2.42. The van der Waals surface area contributed by atoms with Gasteiger partial charge < -0.3 is 29.0 Å². The number of ether oxygens (including phenoxy) is 3. The second-order valence-corrected chi connectivity index (χ2v) is 10.1. The molecule has 0 bridgehead atoms. The number of benzene rings is 3. The van der Waals surface area contributed by atoms with Gasteiger partial charge in [-0.3, -0.25) is 4.79 Å². The fourth-order valence-corrected chi connectivity index (χ4v) is 5.68. The number of rotatable bonds is 9. The van der Waals surface area contributed by atoms with Crippen molar-refractivity contribution in [1.82, 2.24) is 14.8 Å². The third-order valence-corrected chi connectivity index (χ3v) is 7.90. The maximum Gasteiger partial charge on any atom is 0.247 e. The van der Waals surface area contributed by atoms with E-state index in [0.717, 1.165) is 59.9 Å². The molecule has 206 valence electrons. The van der Waals surface area contributed by atoms with Gasteiger partial charge in [0.05, 0.1) is 6.04 Å². The van der Waals surface area contributed by atoms with Crippen LogP contribution in [0.2, 0.25) is 0 Å². The van der Waals surface area contributed by atoms with E-state index in [4.69, 9.17) is 14.2 Å². The van der Waals surface area contributed by atoms with Crippen molar-refractivity contribution in [2.24, 2.45) is 0 Å². The molecule has 7 nitrogen and oxygen atoms in total. The number of para-hydroxylation sites is 1. The molecule has 1 N–H and O–H groups in total. The van der Waals surface area contributed by atoms with E-state index in [9.17, 15) is 4.79 Å². The van der Waals surface area contributed by atoms with Gasteiger partial charge in [0, 0.05) is 35.8 Å². The number of hydrogen-bond donors (Lipinski definition) is 1. The van der Waals surface area contributed by atoms with Crippen LogP contribution in [0.1, 0.15) is 42.3 Å². The van der Waals surface area contributed by atoms with E-state index in [1.165, 1.54) is 10.9 Å². The number of nitrogens with zero attached hydrogens (tertiary/aromatic N) is 2. The average molecular weight is 538 g/mol. The molecule has 4 aromatic rings. The van der Waals surface area contributed by atoms with E-state index < -0.39 is 0 Å². The number of nitrogens with one attached hydrogen (secondary N) is 1. The van der Waals surface area contributed by atoms with Gasteiger partial charge in [-0.25, -0.2) is 0 Å². The molecule has 2 aliphatic heterocycles. The lowest BCUT2D eigenvalue weighted by atomic mass is 9.92. The molecule has 2 aliphatic rings. The zero-order valence-corrected chi connectivity index (χ0v) is 23.1. The van der Waals surface area contributed by atoms with E-state index in [1.54, 1.807) is 6.08 Å². The SMILES string of the molecule is CCN(CC)CCOc1ccc(/C=C/C(=O)N2CCc3c([nH]c4ccccc34)[C@H]2c2ccc3c(c2)OCO3)cc1. The van der Waals surface area contributed by atoms with Gasteiger partial charge in [0.15, 0.2) is 11.5 Å². The summed E-state index contributed by atoms with van der Waals surface area (Å²) >= 11 is 0. The molecule has 0 spiro atoms. The van der Waals surface area contributed by atoms with E-state index in [2.05, 4.69) is 41.9 Å². The number of fused-ring (bicyclic) bond motifs is 4. The van der Waals surface area contributed by atoms with E-state index in [1.807, 2.05) is 59.5 Å². The Morgan fingerprint density at radius 3 is 2.67 bits per heavy atom. The van der Waals surface area contributed by atoms with E-state index in [-0.39, 0.29) is 18.7 Å². The zero-order valence-electron chi connectivity index (χ0n) is 23.1. The molecule has 0 radical (unpaired) electrons. The number of amides is 1. The van der Waals surface area contributed by atoms with Gasteiger partial charge in [-0.1, -0.05) is 50.2 Å². The summed E-state index contributed by atoms with van der Waals surface area (Å²) in [5.74, 6) is 2.24. The van der Waals surface area contributed by atoms with Crippen LogP contribution in [0, 0.1) is 0 Å². The topological polar surface area (TPSA) is 67.0 Å². The Hall–Kier alpha value is -4.23. The maximum absolute atomic E-state index is 13.7. The highest BCUT2D eigenvalue weighted by Gasteiger charge is 2.34. The third-order valence-electron chi connectivity index (χ3n) is 7.90. The van der Waals surface area contributed by atoms with Gasteiger partial charge in [-0.2, -0.15) is 0 Å². The molecule has 1 atom stereocenters. The van der Waals surface area contributed by atoms with Crippen LogP contribution >= 0.6 is 0 Å². The molecule has 0 saturated carbocycles. The summed E-state index contributed by atoms with van der Waals surface area (Å²) in [6.45, 7) is 8.75. The predicted octanol–water partition coefficient (Wildman–Crippen LogP) is 5.80. The Balaban J connectivity index is 1.22. The average Bonchev–Trinajstić information content (AvgIpc) is 3.62. The summed E-state index contributed by atoms with van der Waals surface area (Å²) in [5, 5.41) is 1.21. The first-order chi connectivity index (χ1) is 19.6. The van der Waals surface area contributed by atoms with E-state index in [0.29, 0.717) is 18.9 Å². The van der Waals surface area contributed by atoms with Crippen molar-refractivity contribution in [2.75, 3.05) is 39.6 Å². The van der Waals surface area contributed by atoms with Crippen LogP contribution in [0.3, 0.4) is 0 Å². The molecule has 7 heteroatoms. The fourth-order valence-electron chi connectivity index (χ4n) is 5.68. The minimum absolute atomic E-state index is 0.0356. The van der Waals surface area contributed by atoms with Crippen LogP contribution in [-0.2, 0) is 11.2 Å². The molecule has 0 fully saturated rings. The molecule has 6 rings (SSSR count). The molecule has 3 aromatic carbocycles. The van der Waals surface area contributed by atoms with Gasteiger partial charge in [-0.05, 0) is 72.6 Å². The number of aromatic nitrogens is 1. The minimum atomic E-state index is -0.260. The van der Waals surface area contributed by atoms with Crippen LogP contribution in [-0.4, -0.2) is 60.3 Å². The first-order valence-electron chi connectivity index (χ1n) is 14.1. The van der Waals surface area contributed by atoms with Crippen LogP contribution in [0.15, 0.2) is 72.8 Å². The standard InChI is InChI=1S/C33H35N3O4/c1-3-35(4-2)19-20-38-25-13-9-23(10-14-25)11-16-31(37)36-18-17-27-26-7-5-6-8-28(26)34-32(27)33(36)24-12-15-29-30(21-24)40-22-39-29/h5-16,21,33-34H,3-4,17-20,22H2,1-2H3/b16-11+/t33-/m1/s1. The minimum Gasteiger partial charge on any atom is -0.492 e. The lowest BCUT2D eigenvalue weighted by Crippen LogP contribution is -2.39. The van der Waals surface area contributed by atoms with Crippen LogP contribution in [0.25, 0.3) is 17.0 Å². The second-order valence-electron chi connectivity index (χ2n) is 10.1. The van der Waals surface area contributed by atoms with Crippen molar-refractivity contribution in [3.05, 3.63) is 95.2 Å². The van der Waals surface area contributed by atoms with Crippen molar-refractivity contribution in [2.45, 2.75) is 26.3 Å². The maximum atomic E-state index is 13.7. The van der Waals surface area contributed by atoms with Crippen LogP contribution in [0.5, 0.6) is 17.2 Å². The quantitative estimate of drug-likeness (QED) is 0.273. The lowest BCUT2D eigenvalue weighted by molar-refractivity contribution is -0.128. The molecule has 0 unspecified atom stereocenters. The Morgan fingerprint density at radius 2 is 1.85 bits per heavy atom. The molecule has 1 amide bonds. The van der Waals surface area contributed by atoms with Gasteiger partial charge in [0.1, 0.15) is 12.4 Å². The number of aromatic amines is 1. The first-order valence-corrected chi connectivity index (χ1v) is 14.1. The monoisotopic (exact) mass is 537 g/mol. The summed E-state index contributed by atoms with van der Waals surface area (Å²) in [7, 11) is 0. The van der Waals surface area contributed by atoms with Crippen LogP contribution in [0.4, 0.5) is 0 Å². The summed E-state index contributed by atoms with van der Waals surface area (Å²) in [4.78, 5) is 21.6. The second kappa shape index (κ2) is 11.5. The van der Waals surface area contributed by atoms with Crippen molar-refractivity contribution < 1.29 is 19.0 Å². The van der Waals surface area contributed by atoms with Gasteiger partial charge in [0.2, 0.25) is 12.7 Å². The summed E-state index contributed by atoms with van der Waals surface area (Å²) < 4.78 is 17.1. The first kappa shape index (κ1) is 26.0. The molecule has 1 aromatic heterocycles. The molecule has 0 aliphatic carbocycles. The summed E-state index contributed by atoms with van der Waals surface area (Å²) in [5.41, 5.74) is 5.35. The highest BCUT2D eigenvalue weighted by atomic mass is 16.7. The summed E-state index contributed by atoms with van der Waals surface area (Å²) in [6, 6.07) is 21.9. The van der Waals surface area contributed by atoms with Crippen molar-refractivity contribution in [3.63, 3.8) is 0 Å². The molecule has 3 heterocycles. The lowest BCUT2D eigenvalue weighted by Gasteiger charge is -2.35. The molecular weight excluding hydrogens is 502 g/mol. The highest BCUT2D eigenvalue weighted by molar-refractivity contribution is 5.93. The summed E-state index contributed by atoms with van der Waals surface area (Å²) in [6.07, 6.45) is 4.34. The molecular formula is C33H35N3O4.